The first-order valence-electron chi connectivity index (χ1n) is 17.0. The summed E-state index contributed by atoms with van der Waals surface area (Å²) in [6, 6.07) is 11.6. The van der Waals surface area contributed by atoms with Gasteiger partial charge in [-0.3, -0.25) is 10.2 Å². The normalized spacial score (nSPS) is 22.8. The maximum absolute atomic E-state index is 14.5. The van der Waals surface area contributed by atoms with Crippen LogP contribution in [0.15, 0.2) is 114 Å². The van der Waals surface area contributed by atoms with Crippen LogP contribution in [0.3, 0.4) is 0 Å². The van der Waals surface area contributed by atoms with Crippen LogP contribution in [0.4, 0.5) is 32.0 Å². The Hall–Kier alpha value is -5.03. The highest BCUT2D eigenvalue weighted by Crippen LogP contribution is 2.37. The van der Waals surface area contributed by atoms with E-state index >= 15 is 0 Å². The Kier molecular flexibility index (Phi) is 9.65. The largest absolute Gasteiger partial charge is 0.372 e. The number of benzene rings is 3. The molecule has 2 unspecified atom stereocenters. The lowest BCUT2D eigenvalue weighted by atomic mass is 9.80. The van der Waals surface area contributed by atoms with Gasteiger partial charge in [0.05, 0.1) is 11.4 Å². The lowest BCUT2D eigenvalue weighted by Gasteiger charge is -2.31. The molecule has 1 aliphatic heterocycles. The van der Waals surface area contributed by atoms with Crippen molar-refractivity contribution in [3.8, 4) is 0 Å². The monoisotopic (exact) mass is 702 g/mol. The van der Waals surface area contributed by atoms with E-state index in [1.54, 1.807) is 6.08 Å². The lowest BCUT2D eigenvalue weighted by Crippen LogP contribution is -2.43. The van der Waals surface area contributed by atoms with Gasteiger partial charge in [-0.1, -0.05) is 42.0 Å². The molecule has 0 fully saturated rings. The van der Waals surface area contributed by atoms with Crippen LogP contribution < -0.4 is 16.2 Å². The molecule has 1 amide bonds. The first-order chi connectivity index (χ1) is 24.5. The highest BCUT2D eigenvalue weighted by Gasteiger charge is 2.31. The van der Waals surface area contributed by atoms with E-state index in [0.29, 0.717) is 67.7 Å². The van der Waals surface area contributed by atoms with Gasteiger partial charge >= 0.3 is 0 Å². The predicted octanol–water partition coefficient (Wildman–Crippen LogP) is 8.35. The molecule has 5 nitrogen and oxygen atoms in total. The van der Waals surface area contributed by atoms with E-state index in [1.165, 1.54) is 5.01 Å². The van der Waals surface area contributed by atoms with Crippen LogP contribution in [0.2, 0.25) is 0 Å². The molecule has 7 rings (SSSR count). The Morgan fingerprint density at radius 3 is 2.24 bits per heavy atom. The molecule has 0 radical (unpaired) electrons. The average molecular weight is 703 g/mol. The summed E-state index contributed by atoms with van der Waals surface area (Å²) in [5.74, 6) is -7.21. The minimum Gasteiger partial charge on any atom is -0.372 e. The molecule has 0 aromatic heterocycles. The van der Waals surface area contributed by atoms with E-state index in [4.69, 9.17) is 5.73 Å². The maximum Gasteiger partial charge on any atom is 0.272 e. The topological polar surface area (TPSA) is 61.6 Å². The van der Waals surface area contributed by atoms with Crippen molar-refractivity contribution >= 4 is 11.6 Å². The second-order valence-corrected chi connectivity index (χ2v) is 13.6. The van der Waals surface area contributed by atoms with Crippen molar-refractivity contribution in [2.45, 2.75) is 50.0 Å². The first-order valence-corrected chi connectivity index (χ1v) is 17.0. The second-order valence-electron chi connectivity index (χ2n) is 13.6. The smallest absolute Gasteiger partial charge is 0.272 e. The minimum atomic E-state index is -1.23. The van der Waals surface area contributed by atoms with Crippen molar-refractivity contribution < 1.29 is 31.1 Å². The minimum absolute atomic E-state index is 0.0883. The van der Waals surface area contributed by atoms with Gasteiger partial charge in [0.25, 0.3) is 5.91 Å². The van der Waals surface area contributed by atoms with Gasteiger partial charge in [0, 0.05) is 54.9 Å². The number of anilines is 1. The number of hydrogen-bond donors (Lipinski definition) is 2. The third kappa shape index (κ3) is 7.26. The molecule has 4 atom stereocenters. The molecule has 0 saturated carbocycles. The van der Waals surface area contributed by atoms with E-state index in [0.717, 1.165) is 29.8 Å². The Labute approximate surface area is 292 Å². The van der Waals surface area contributed by atoms with Crippen molar-refractivity contribution in [3.63, 3.8) is 0 Å². The van der Waals surface area contributed by atoms with Crippen LogP contribution in [0, 0.1) is 40.8 Å². The third-order valence-corrected chi connectivity index (χ3v) is 10.2. The molecule has 0 bridgehead atoms. The number of hydrazine groups is 1. The fraction of sp³-hybridized carbons (Fsp3) is 0.275. The Balaban J connectivity index is 1.03. The van der Waals surface area contributed by atoms with E-state index in [2.05, 4.69) is 22.6 Å². The number of amides is 1. The van der Waals surface area contributed by atoms with Crippen LogP contribution in [0.25, 0.3) is 0 Å². The zero-order chi connectivity index (χ0) is 35.8. The zero-order valence-electron chi connectivity index (χ0n) is 27.6. The second kappa shape index (κ2) is 14.3. The summed E-state index contributed by atoms with van der Waals surface area (Å²) >= 11 is 0. The Morgan fingerprint density at radius 1 is 0.863 bits per heavy atom. The van der Waals surface area contributed by atoms with Gasteiger partial charge in [-0.05, 0) is 91.1 Å². The van der Waals surface area contributed by atoms with Gasteiger partial charge in [0.1, 0.15) is 11.6 Å². The highest BCUT2D eigenvalue weighted by molar-refractivity contribution is 6.05. The van der Waals surface area contributed by atoms with Gasteiger partial charge in [-0.15, -0.1) is 0 Å². The van der Waals surface area contributed by atoms with Gasteiger partial charge in [-0.2, -0.15) is 0 Å². The van der Waals surface area contributed by atoms with Crippen LogP contribution in [0.1, 0.15) is 55.1 Å². The van der Waals surface area contributed by atoms with Crippen molar-refractivity contribution in [2.24, 2.45) is 11.7 Å². The number of carbonyl (C=O) groups is 1. The number of para-hydroxylation sites is 1. The summed E-state index contributed by atoms with van der Waals surface area (Å²) in [5.41, 5.74) is 13.9. The molecule has 3 aromatic carbocycles. The highest BCUT2D eigenvalue weighted by atomic mass is 19.2. The number of halogens is 6. The number of carbonyl (C=O) groups excluding carboxylic acids is 1. The van der Waals surface area contributed by atoms with Crippen LogP contribution >= 0.6 is 0 Å². The fourth-order valence-electron chi connectivity index (χ4n) is 7.47. The number of nitrogens with zero attached hydrogens (tertiary/aromatic N) is 2. The molecule has 0 saturated heterocycles. The molecular formula is C40H36F6N4O. The lowest BCUT2D eigenvalue weighted by molar-refractivity contribution is -0.115. The molecule has 3 aliphatic carbocycles. The Bertz CT molecular complexity index is 2010. The van der Waals surface area contributed by atoms with Gasteiger partial charge < -0.3 is 10.6 Å². The number of nitrogens with two attached hydrogens (primary N) is 1. The molecule has 264 valence electrons. The Morgan fingerprint density at radius 2 is 1.55 bits per heavy atom. The molecule has 11 heteroatoms. The molecular weight excluding hydrogens is 666 g/mol. The summed E-state index contributed by atoms with van der Waals surface area (Å²) in [4.78, 5) is 16.1. The summed E-state index contributed by atoms with van der Waals surface area (Å²) in [6.07, 6.45) is 13.8. The summed E-state index contributed by atoms with van der Waals surface area (Å²) in [6.45, 7) is 1.35. The standard InChI is InChI=1S/C40H36F6N4O/c41-33-18-37(45)35(43)16-31(33)24-7-9-25(10-8-24)40(51)50(29-4-2-1-3-5-29)48-28-12-11-26-21-49(22-27(26)15-28)20-23-6-13-30(39(47)14-23)32-17-36(44)38(46)19-34(32)42/h1-6,9,11-12,15-19,22,24,26,30,39,48H,7-8,10,13-14,20-21,47H2/t24?,26?,30-,39+/m1/s1. The fourth-order valence-corrected chi connectivity index (χ4v) is 7.47. The van der Waals surface area contributed by atoms with Crippen molar-refractivity contribution in [1.82, 2.24) is 10.3 Å². The first kappa shape index (κ1) is 34.4. The summed E-state index contributed by atoms with van der Waals surface area (Å²) in [7, 11) is 0. The SMILES string of the molecule is N[C@H]1CC(CN2C=C3C=C(NN(C(=O)C4=CCC(c5cc(F)c(F)cc5F)CC4)c4ccccc4)C=CC3C2)=CC[C@@H]1c1cc(F)c(F)cc1F. The number of nitrogens with one attached hydrogen (secondary N) is 1. The molecule has 4 aliphatic rings. The third-order valence-electron chi connectivity index (χ3n) is 10.2. The van der Waals surface area contributed by atoms with Crippen LogP contribution in [-0.4, -0.2) is 29.9 Å². The number of rotatable bonds is 8. The summed E-state index contributed by atoms with van der Waals surface area (Å²) in [5, 5.41) is 1.48. The van der Waals surface area contributed by atoms with E-state index in [1.807, 2.05) is 48.6 Å². The van der Waals surface area contributed by atoms with E-state index in [9.17, 15) is 31.1 Å². The molecule has 3 aromatic rings. The van der Waals surface area contributed by atoms with E-state index in [-0.39, 0.29) is 28.9 Å². The average Bonchev–Trinajstić information content (AvgIpc) is 3.52. The summed E-state index contributed by atoms with van der Waals surface area (Å²) < 4.78 is 83.6. The van der Waals surface area contributed by atoms with Gasteiger partial charge in [0.15, 0.2) is 23.3 Å². The van der Waals surface area contributed by atoms with Crippen LogP contribution in [0.5, 0.6) is 0 Å². The quantitative estimate of drug-likeness (QED) is 0.107. The van der Waals surface area contributed by atoms with Crippen molar-refractivity contribution in [1.29, 1.82) is 0 Å². The van der Waals surface area contributed by atoms with Gasteiger partial charge in [-0.25, -0.2) is 31.4 Å². The van der Waals surface area contributed by atoms with Crippen LogP contribution in [-0.2, 0) is 4.79 Å². The van der Waals surface area contributed by atoms with E-state index < -0.39 is 46.9 Å². The maximum atomic E-state index is 14.5. The van der Waals surface area contributed by atoms with Crippen molar-refractivity contribution in [2.75, 3.05) is 18.1 Å². The number of hydrogen-bond acceptors (Lipinski definition) is 4. The number of fused-ring (bicyclic) bond motifs is 1. The molecule has 1 heterocycles. The molecule has 3 N–H and O–H groups in total. The van der Waals surface area contributed by atoms with Gasteiger partial charge in [0.2, 0.25) is 0 Å². The number of allylic oxidation sites excluding steroid dienone is 4. The molecule has 51 heavy (non-hydrogen) atoms. The zero-order valence-corrected chi connectivity index (χ0v) is 27.6. The molecule has 0 spiro atoms. The van der Waals surface area contributed by atoms with Crippen molar-refractivity contribution in [3.05, 3.63) is 160 Å². The predicted molar refractivity (Wildman–Crippen MR) is 183 cm³/mol.